The monoisotopic (exact) mass is 491 g/mol. The number of alkyl halides is 3. The molecule has 106 valence electrons. The zero-order chi connectivity index (χ0) is 14.0. The van der Waals surface area contributed by atoms with Crippen LogP contribution in [0.3, 0.4) is 0 Å². The van der Waals surface area contributed by atoms with Crippen LogP contribution in [0.25, 0.3) is 0 Å². The molecule has 11 heteroatoms. The number of carbonyl (C=O) groups is 1. The van der Waals surface area contributed by atoms with Crippen molar-refractivity contribution in [3.63, 3.8) is 0 Å². The fourth-order valence-corrected chi connectivity index (χ4v) is 3.88. The number of amides is 1. The second-order valence-corrected chi connectivity index (χ2v) is 13.0. The standard InChI is InChI=1S/C7H10Br3ClNO5P/c8-7(9,10)4-17-18(14,15)5-3-16-2-1-12(5)6(11)13/h5H,1-4H2,(H,14,15). The summed E-state index contributed by atoms with van der Waals surface area (Å²) in [5, 5.41) is -0.802. The molecular weight excluding hydrogens is 484 g/mol. The van der Waals surface area contributed by atoms with E-state index in [0.717, 1.165) is 4.90 Å². The Balaban J connectivity index is 2.75. The van der Waals surface area contributed by atoms with Gasteiger partial charge in [0.25, 0.3) is 0 Å². The van der Waals surface area contributed by atoms with Gasteiger partial charge in [-0.3, -0.25) is 9.36 Å². The predicted molar refractivity (Wildman–Crippen MR) is 77.9 cm³/mol. The average molecular weight is 494 g/mol. The van der Waals surface area contributed by atoms with Crippen LogP contribution in [-0.4, -0.2) is 49.5 Å². The molecule has 18 heavy (non-hydrogen) atoms. The SMILES string of the molecule is O=C(Cl)N1CCOCC1P(=O)(O)OCC(Br)(Br)Br. The number of ether oxygens (including phenoxy) is 1. The average Bonchev–Trinajstić information content (AvgIpc) is 2.26. The first kappa shape index (κ1) is 17.4. The molecule has 0 bridgehead atoms. The van der Waals surface area contributed by atoms with Crippen molar-refractivity contribution in [2.75, 3.05) is 26.4 Å². The minimum Gasteiger partial charge on any atom is -0.377 e. The number of carbonyl (C=O) groups excluding carboxylic acids is 1. The fourth-order valence-electron chi connectivity index (χ4n) is 1.32. The number of hydrogen-bond acceptors (Lipinski definition) is 4. The molecule has 1 saturated heterocycles. The van der Waals surface area contributed by atoms with Gasteiger partial charge in [0, 0.05) is 6.54 Å². The van der Waals surface area contributed by atoms with Gasteiger partial charge in [-0.25, -0.2) is 0 Å². The van der Waals surface area contributed by atoms with Crippen LogP contribution in [0.1, 0.15) is 0 Å². The number of morpholine rings is 1. The summed E-state index contributed by atoms with van der Waals surface area (Å²) in [6.07, 6.45) is 0. The molecule has 1 fully saturated rings. The molecule has 0 aromatic rings. The van der Waals surface area contributed by atoms with Crippen LogP contribution < -0.4 is 0 Å². The van der Waals surface area contributed by atoms with Gasteiger partial charge < -0.3 is 19.1 Å². The van der Waals surface area contributed by atoms with E-state index in [-0.39, 0.29) is 26.4 Å². The Bertz CT molecular complexity index is 365. The molecule has 2 atom stereocenters. The van der Waals surface area contributed by atoms with Crippen LogP contribution >= 0.6 is 67.0 Å². The Hall–Kier alpha value is 1.31. The summed E-state index contributed by atoms with van der Waals surface area (Å²) >= 11 is 14.8. The first-order chi connectivity index (χ1) is 8.13. The third-order valence-corrected chi connectivity index (χ3v) is 4.70. The van der Waals surface area contributed by atoms with Crippen LogP contribution in [0.4, 0.5) is 4.79 Å². The second kappa shape index (κ2) is 6.85. The van der Waals surface area contributed by atoms with E-state index in [0.29, 0.717) is 0 Å². The maximum atomic E-state index is 12.1. The van der Waals surface area contributed by atoms with Gasteiger partial charge in [0.05, 0.1) is 19.8 Å². The van der Waals surface area contributed by atoms with Gasteiger partial charge in [-0.1, -0.05) is 47.8 Å². The predicted octanol–water partition coefficient (Wildman–Crippen LogP) is 3.04. The summed E-state index contributed by atoms with van der Waals surface area (Å²) in [7, 11) is -4.07. The molecular formula is C7H10Br3ClNO5P. The van der Waals surface area contributed by atoms with Gasteiger partial charge in [0.1, 0.15) is 0 Å². The molecule has 0 saturated carbocycles. The van der Waals surface area contributed by atoms with Crippen LogP contribution in [-0.2, 0) is 13.8 Å². The molecule has 0 radical (unpaired) electrons. The highest BCUT2D eigenvalue weighted by atomic mass is 80.0. The lowest BCUT2D eigenvalue weighted by Gasteiger charge is -2.35. The van der Waals surface area contributed by atoms with Gasteiger partial charge in [-0.05, 0) is 11.6 Å². The Morgan fingerprint density at radius 3 is 2.72 bits per heavy atom. The molecule has 1 amide bonds. The normalized spacial score (nSPS) is 24.7. The van der Waals surface area contributed by atoms with E-state index in [1.165, 1.54) is 0 Å². The van der Waals surface area contributed by atoms with E-state index in [9.17, 15) is 14.3 Å². The third-order valence-electron chi connectivity index (χ3n) is 2.12. The van der Waals surface area contributed by atoms with Crippen LogP contribution in [0.5, 0.6) is 0 Å². The second-order valence-electron chi connectivity index (χ2n) is 3.45. The summed E-state index contributed by atoms with van der Waals surface area (Å²) in [6.45, 7) is 0.199. The van der Waals surface area contributed by atoms with Crippen molar-refractivity contribution in [2.24, 2.45) is 0 Å². The van der Waals surface area contributed by atoms with E-state index >= 15 is 0 Å². The molecule has 1 rings (SSSR count). The largest absolute Gasteiger partial charge is 0.377 e. The van der Waals surface area contributed by atoms with Crippen LogP contribution in [0, 0.1) is 0 Å². The van der Waals surface area contributed by atoms with E-state index < -0.39 is 20.9 Å². The highest BCUT2D eigenvalue weighted by Gasteiger charge is 2.42. The summed E-state index contributed by atoms with van der Waals surface area (Å²) in [4.78, 5) is 22.1. The van der Waals surface area contributed by atoms with Crippen molar-refractivity contribution in [3.05, 3.63) is 0 Å². The fraction of sp³-hybridized carbons (Fsp3) is 0.857. The molecule has 0 aromatic carbocycles. The van der Waals surface area contributed by atoms with E-state index in [1.54, 1.807) is 0 Å². The first-order valence-corrected chi connectivity index (χ1v) is 9.11. The third kappa shape index (κ3) is 5.36. The smallest absolute Gasteiger partial charge is 0.352 e. The lowest BCUT2D eigenvalue weighted by atomic mass is 10.5. The molecule has 0 aromatic heterocycles. The van der Waals surface area contributed by atoms with Gasteiger partial charge in [-0.15, -0.1) is 0 Å². The zero-order valence-corrected chi connectivity index (χ0v) is 15.3. The Morgan fingerprint density at radius 1 is 1.61 bits per heavy atom. The van der Waals surface area contributed by atoms with Crippen LogP contribution in [0.15, 0.2) is 0 Å². The summed E-state index contributed by atoms with van der Waals surface area (Å²) in [5.74, 6) is -1.09. The highest BCUT2D eigenvalue weighted by molar-refractivity contribution is 9.39. The van der Waals surface area contributed by atoms with E-state index in [2.05, 4.69) is 47.8 Å². The Morgan fingerprint density at radius 2 is 2.22 bits per heavy atom. The molecule has 2 unspecified atom stereocenters. The minimum absolute atomic E-state index is 0.0912. The Kier molecular flexibility index (Phi) is 6.60. The molecule has 0 spiro atoms. The van der Waals surface area contributed by atoms with Crippen molar-refractivity contribution in [2.45, 2.75) is 7.93 Å². The van der Waals surface area contributed by atoms with E-state index in [4.69, 9.17) is 20.9 Å². The summed E-state index contributed by atoms with van der Waals surface area (Å²) < 4.78 is 21.3. The Labute approximate surface area is 134 Å². The van der Waals surface area contributed by atoms with Crippen molar-refractivity contribution in [1.82, 2.24) is 4.90 Å². The lowest BCUT2D eigenvalue weighted by molar-refractivity contribution is 0.0336. The molecule has 1 aliphatic rings. The number of rotatable bonds is 3. The van der Waals surface area contributed by atoms with Crippen molar-refractivity contribution >= 4 is 72.4 Å². The van der Waals surface area contributed by atoms with Crippen molar-refractivity contribution < 1.29 is 23.5 Å². The maximum absolute atomic E-state index is 12.1. The van der Waals surface area contributed by atoms with E-state index in [1.807, 2.05) is 0 Å². The quantitative estimate of drug-likeness (QED) is 0.283. The van der Waals surface area contributed by atoms with Crippen molar-refractivity contribution in [3.8, 4) is 0 Å². The van der Waals surface area contributed by atoms with Gasteiger partial charge in [-0.2, -0.15) is 0 Å². The minimum atomic E-state index is -4.07. The summed E-state index contributed by atoms with van der Waals surface area (Å²) in [6, 6.07) is 0. The highest BCUT2D eigenvalue weighted by Crippen LogP contribution is 2.52. The number of halogens is 4. The lowest BCUT2D eigenvalue weighted by Crippen LogP contribution is -2.46. The molecule has 1 N–H and O–H groups in total. The first-order valence-electron chi connectivity index (χ1n) is 4.71. The van der Waals surface area contributed by atoms with Crippen LogP contribution in [0.2, 0.25) is 0 Å². The van der Waals surface area contributed by atoms with Gasteiger partial charge in [0.2, 0.25) is 0 Å². The molecule has 0 aliphatic carbocycles. The molecule has 1 heterocycles. The molecule has 1 aliphatic heterocycles. The van der Waals surface area contributed by atoms with Gasteiger partial charge >= 0.3 is 13.0 Å². The topological polar surface area (TPSA) is 76.1 Å². The molecule has 6 nitrogen and oxygen atoms in total. The summed E-state index contributed by atoms with van der Waals surface area (Å²) in [5.41, 5.74) is 0. The maximum Gasteiger partial charge on any atom is 0.352 e. The zero-order valence-electron chi connectivity index (χ0n) is 8.89. The van der Waals surface area contributed by atoms with Gasteiger partial charge in [0.15, 0.2) is 7.93 Å². The number of nitrogens with zero attached hydrogens (tertiary/aromatic N) is 1. The van der Waals surface area contributed by atoms with Crippen molar-refractivity contribution in [1.29, 1.82) is 0 Å². The number of hydrogen-bond donors (Lipinski definition) is 1.